The van der Waals surface area contributed by atoms with Crippen molar-refractivity contribution >= 4 is 15.9 Å². The van der Waals surface area contributed by atoms with E-state index in [4.69, 9.17) is 0 Å². The summed E-state index contributed by atoms with van der Waals surface area (Å²) in [5.41, 5.74) is 0.621. The predicted molar refractivity (Wildman–Crippen MR) is 105 cm³/mol. The molecule has 1 atom stereocenters. The third kappa shape index (κ3) is 7.34. The summed E-state index contributed by atoms with van der Waals surface area (Å²) in [6.45, 7) is 2.12. The molecule has 1 unspecified atom stereocenters. The van der Waals surface area contributed by atoms with E-state index in [1.54, 1.807) is 32.0 Å². The Labute approximate surface area is 173 Å². The molecule has 0 saturated heterocycles. The number of alkyl halides is 3. The van der Waals surface area contributed by atoms with Crippen LogP contribution in [0, 0.1) is 5.92 Å². The summed E-state index contributed by atoms with van der Waals surface area (Å²) in [5, 5.41) is 2.64. The highest BCUT2D eigenvalue weighted by molar-refractivity contribution is 7.89. The molecular formula is C20H23F3N2O4S. The first-order valence-corrected chi connectivity index (χ1v) is 10.6. The number of benzene rings is 2. The van der Waals surface area contributed by atoms with Crippen molar-refractivity contribution in [2.75, 3.05) is 6.61 Å². The van der Waals surface area contributed by atoms with Gasteiger partial charge in [0, 0.05) is 6.54 Å². The molecule has 10 heteroatoms. The van der Waals surface area contributed by atoms with Crippen LogP contribution in [0.3, 0.4) is 0 Å². The summed E-state index contributed by atoms with van der Waals surface area (Å²) in [6, 6.07) is 12.5. The molecule has 0 spiro atoms. The first-order valence-electron chi connectivity index (χ1n) is 9.11. The van der Waals surface area contributed by atoms with Gasteiger partial charge in [0.05, 0.1) is 4.90 Å². The van der Waals surface area contributed by atoms with Crippen LogP contribution in [0.4, 0.5) is 13.2 Å². The number of halogens is 3. The molecule has 0 heterocycles. The van der Waals surface area contributed by atoms with Crippen LogP contribution < -0.4 is 14.8 Å². The Kier molecular flexibility index (Phi) is 7.85. The minimum atomic E-state index is -4.43. The van der Waals surface area contributed by atoms with Crippen LogP contribution in [0.2, 0.25) is 0 Å². The van der Waals surface area contributed by atoms with Gasteiger partial charge in [-0.3, -0.25) is 4.79 Å². The second-order valence-electron chi connectivity index (χ2n) is 6.92. The third-order valence-electron chi connectivity index (χ3n) is 4.08. The highest BCUT2D eigenvalue weighted by Gasteiger charge is 2.29. The fourth-order valence-corrected chi connectivity index (χ4v) is 3.86. The zero-order chi connectivity index (χ0) is 22.4. The molecule has 30 heavy (non-hydrogen) atoms. The number of carbonyl (C=O) groups is 1. The monoisotopic (exact) mass is 444 g/mol. The van der Waals surface area contributed by atoms with E-state index in [-0.39, 0.29) is 23.1 Å². The number of hydrogen-bond acceptors (Lipinski definition) is 4. The molecular weight excluding hydrogens is 421 g/mol. The van der Waals surface area contributed by atoms with Crippen LogP contribution in [0.25, 0.3) is 0 Å². The van der Waals surface area contributed by atoms with Crippen molar-refractivity contribution in [3.05, 3.63) is 60.2 Å². The molecule has 0 fully saturated rings. The van der Waals surface area contributed by atoms with E-state index in [0.717, 1.165) is 0 Å². The zero-order valence-corrected chi connectivity index (χ0v) is 17.3. The maximum atomic E-state index is 12.6. The van der Waals surface area contributed by atoms with Crippen LogP contribution in [0.1, 0.15) is 19.4 Å². The zero-order valence-electron chi connectivity index (χ0n) is 16.4. The molecule has 2 N–H and O–H groups in total. The summed E-state index contributed by atoms with van der Waals surface area (Å²) >= 11 is 0. The Morgan fingerprint density at radius 2 is 1.63 bits per heavy atom. The summed E-state index contributed by atoms with van der Waals surface area (Å²) in [6.07, 6.45) is -4.43. The van der Waals surface area contributed by atoms with E-state index in [9.17, 15) is 26.4 Å². The maximum absolute atomic E-state index is 12.6. The molecule has 2 aromatic rings. The average molecular weight is 444 g/mol. The molecule has 0 aliphatic carbocycles. The van der Waals surface area contributed by atoms with E-state index in [0.29, 0.717) is 5.56 Å². The Morgan fingerprint density at radius 1 is 1.03 bits per heavy atom. The van der Waals surface area contributed by atoms with Gasteiger partial charge in [-0.1, -0.05) is 44.2 Å². The SMILES string of the molecule is CC(C)C(NS(=O)(=O)c1ccccc1)C(=O)NCc1ccc(OCC(F)(F)F)cc1. The summed E-state index contributed by atoms with van der Waals surface area (Å²) in [5.74, 6) is -0.776. The maximum Gasteiger partial charge on any atom is 0.422 e. The Hall–Kier alpha value is -2.59. The summed E-state index contributed by atoms with van der Waals surface area (Å²) in [7, 11) is -3.88. The van der Waals surface area contributed by atoms with Gasteiger partial charge in [-0.15, -0.1) is 0 Å². The van der Waals surface area contributed by atoms with Crippen molar-refractivity contribution in [2.24, 2.45) is 5.92 Å². The van der Waals surface area contributed by atoms with Crippen LogP contribution in [0.15, 0.2) is 59.5 Å². The highest BCUT2D eigenvalue weighted by atomic mass is 32.2. The number of sulfonamides is 1. The van der Waals surface area contributed by atoms with E-state index >= 15 is 0 Å². The average Bonchev–Trinajstić information content (AvgIpc) is 2.69. The van der Waals surface area contributed by atoms with E-state index < -0.39 is 34.8 Å². The second kappa shape index (κ2) is 9.94. The lowest BCUT2D eigenvalue weighted by molar-refractivity contribution is -0.153. The van der Waals surface area contributed by atoms with Crippen molar-refractivity contribution in [3.63, 3.8) is 0 Å². The normalized spacial score (nSPS) is 13.1. The smallest absolute Gasteiger partial charge is 0.422 e. The lowest BCUT2D eigenvalue weighted by atomic mass is 10.0. The molecule has 0 saturated carbocycles. The van der Waals surface area contributed by atoms with Crippen LogP contribution in [-0.4, -0.2) is 33.1 Å². The number of nitrogens with one attached hydrogen (secondary N) is 2. The van der Waals surface area contributed by atoms with Gasteiger partial charge in [0.1, 0.15) is 11.8 Å². The Bertz CT molecular complexity index is 931. The van der Waals surface area contributed by atoms with Crippen molar-refractivity contribution < 1.29 is 31.1 Å². The lowest BCUT2D eigenvalue weighted by Gasteiger charge is -2.21. The van der Waals surface area contributed by atoms with Crippen LogP contribution in [-0.2, 0) is 21.4 Å². The first kappa shape index (κ1) is 23.7. The molecule has 2 rings (SSSR count). The minimum absolute atomic E-state index is 0.0536. The molecule has 0 radical (unpaired) electrons. The van der Waals surface area contributed by atoms with E-state index in [1.165, 1.54) is 36.4 Å². The minimum Gasteiger partial charge on any atom is -0.484 e. The van der Waals surface area contributed by atoms with Crippen molar-refractivity contribution in [1.29, 1.82) is 0 Å². The molecule has 164 valence electrons. The van der Waals surface area contributed by atoms with E-state index in [1.807, 2.05) is 0 Å². The predicted octanol–water partition coefficient (Wildman–Crippen LogP) is 3.25. The molecule has 0 bridgehead atoms. The molecule has 0 aromatic heterocycles. The van der Waals surface area contributed by atoms with Crippen LogP contribution in [0.5, 0.6) is 5.75 Å². The second-order valence-corrected chi connectivity index (χ2v) is 8.64. The van der Waals surface area contributed by atoms with E-state index in [2.05, 4.69) is 14.8 Å². The van der Waals surface area contributed by atoms with Gasteiger partial charge in [0.15, 0.2) is 6.61 Å². The van der Waals surface area contributed by atoms with Gasteiger partial charge in [0.2, 0.25) is 15.9 Å². The Morgan fingerprint density at radius 3 is 2.17 bits per heavy atom. The van der Waals surface area contributed by atoms with Gasteiger partial charge in [0.25, 0.3) is 0 Å². The molecule has 6 nitrogen and oxygen atoms in total. The summed E-state index contributed by atoms with van der Waals surface area (Å²) < 4.78 is 68.6. The van der Waals surface area contributed by atoms with Gasteiger partial charge in [-0.25, -0.2) is 8.42 Å². The number of amides is 1. The highest BCUT2D eigenvalue weighted by Crippen LogP contribution is 2.19. The van der Waals surface area contributed by atoms with Gasteiger partial charge < -0.3 is 10.1 Å². The molecule has 1 amide bonds. The van der Waals surface area contributed by atoms with Gasteiger partial charge in [-0.05, 0) is 35.7 Å². The van der Waals surface area contributed by atoms with Gasteiger partial charge >= 0.3 is 6.18 Å². The number of hydrogen-bond donors (Lipinski definition) is 2. The van der Waals surface area contributed by atoms with Gasteiger partial charge in [-0.2, -0.15) is 17.9 Å². The standard InChI is InChI=1S/C20H23F3N2O4S/c1-14(2)18(25-30(27,28)17-6-4-3-5-7-17)19(26)24-12-15-8-10-16(11-9-15)29-13-20(21,22)23/h3-11,14,18,25H,12-13H2,1-2H3,(H,24,26). The quantitative estimate of drug-likeness (QED) is 0.622. The topological polar surface area (TPSA) is 84.5 Å². The molecule has 0 aliphatic heterocycles. The number of carbonyl (C=O) groups excluding carboxylic acids is 1. The van der Waals surface area contributed by atoms with Crippen molar-refractivity contribution in [3.8, 4) is 5.75 Å². The number of rotatable bonds is 9. The summed E-state index contributed by atoms with van der Waals surface area (Å²) in [4.78, 5) is 12.6. The fourth-order valence-electron chi connectivity index (χ4n) is 2.50. The fraction of sp³-hybridized carbons (Fsp3) is 0.350. The third-order valence-corrected chi connectivity index (χ3v) is 5.53. The largest absolute Gasteiger partial charge is 0.484 e. The van der Waals surface area contributed by atoms with Crippen molar-refractivity contribution in [1.82, 2.24) is 10.0 Å². The van der Waals surface area contributed by atoms with Crippen LogP contribution >= 0.6 is 0 Å². The lowest BCUT2D eigenvalue weighted by Crippen LogP contribution is -2.49. The first-order chi connectivity index (χ1) is 14.0. The molecule has 2 aromatic carbocycles. The molecule has 0 aliphatic rings. The van der Waals surface area contributed by atoms with Crippen molar-refractivity contribution in [2.45, 2.75) is 37.5 Å². The Balaban J connectivity index is 1.97. The number of ether oxygens (including phenoxy) is 1.